The number of anilines is 2. The fourth-order valence-corrected chi connectivity index (χ4v) is 4.92. The second-order valence-corrected chi connectivity index (χ2v) is 8.72. The number of aliphatic carboxylic acids is 1. The first kappa shape index (κ1) is 21.5. The van der Waals surface area contributed by atoms with E-state index in [1.54, 1.807) is 12.1 Å². The minimum absolute atomic E-state index is 0.0738. The number of nitrogens with zero attached hydrogens (tertiary/aromatic N) is 5. The normalized spacial score (nSPS) is 20.6. The summed E-state index contributed by atoms with van der Waals surface area (Å²) >= 11 is 2.01. The highest BCUT2D eigenvalue weighted by molar-refractivity contribution is 8.03. The number of aromatic nitrogens is 3. The molecule has 2 atom stereocenters. The number of nitrogen functional groups attached to an aromatic ring is 2. The highest BCUT2D eigenvalue weighted by Crippen LogP contribution is 2.43. The van der Waals surface area contributed by atoms with Gasteiger partial charge < -0.3 is 27.1 Å². The number of amides is 2. The van der Waals surface area contributed by atoms with Crippen molar-refractivity contribution in [3.63, 3.8) is 0 Å². The molecule has 7 N–H and O–H groups in total. The Morgan fingerprint density at radius 1 is 1.34 bits per heavy atom. The van der Waals surface area contributed by atoms with Gasteiger partial charge in [0.25, 0.3) is 11.8 Å². The van der Waals surface area contributed by atoms with Gasteiger partial charge >= 0.3 is 5.97 Å². The number of nitrogens with one attached hydrogen (secondary N) is 1. The number of carbonyl (C=O) groups is 3. The topological polar surface area (TPSA) is 210 Å². The van der Waals surface area contributed by atoms with Crippen molar-refractivity contribution in [3.05, 3.63) is 34.8 Å². The van der Waals surface area contributed by atoms with Crippen LogP contribution in [0.25, 0.3) is 0 Å². The van der Waals surface area contributed by atoms with E-state index in [4.69, 9.17) is 11.5 Å². The summed E-state index contributed by atoms with van der Waals surface area (Å²) < 4.78 is 3.81. The van der Waals surface area contributed by atoms with Crippen LogP contribution in [0.3, 0.4) is 0 Å². The van der Waals surface area contributed by atoms with E-state index in [1.807, 2.05) is 0 Å². The van der Waals surface area contributed by atoms with Gasteiger partial charge in [-0.05, 0) is 25.0 Å². The predicted molar refractivity (Wildman–Crippen MR) is 114 cm³/mol. The maximum atomic E-state index is 12.8. The SMILES string of the molecule is Nc1ccc(SC2=C(C(=O)O)N3C(=O)[C@@H](NC(=O)/C(=N\O)c4nsc(N)n4)C3CC2)cn1. The molecule has 2 aromatic rings. The van der Waals surface area contributed by atoms with Crippen molar-refractivity contribution in [1.29, 1.82) is 0 Å². The number of β-lactam (4-membered cyclic amide) rings is 1. The largest absolute Gasteiger partial charge is 0.477 e. The van der Waals surface area contributed by atoms with E-state index < -0.39 is 35.6 Å². The molecular formula is C17H16N8O5S2. The molecule has 0 bridgehead atoms. The molecule has 1 saturated heterocycles. The smallest absolute Gasteiger partial charge is 0.353 e. The molecule has 32 heavy (non-hydrogen) atoms. The Balaban J connectivity index is 1.52. The predicted octanol–water partition coefficient (Wildman–Crippen LogP) is -0.146. The maximum Gasteiger partial charge on any atom is 0.353 e. The first-order valence-corrected chi connectivity index (χ1v) is 10.7. The first-order valence-electron chi connectivity index (χ1n) is 9.11. The summed E-state index contributed by atoms with van der Waals surface area (Å²) in [5.41, 5.74) is 10.4. The Kier molecular flexibility index (Phi) is 5.67. The molecule has 2 aromatic heterocycles. The Morgan fingerprint density at radius 2 is 2.12 bits per heavy atom. The van der Waals surface area contributed by atoms with E-state index in [1.165, 1.54) is 22.9 Å². The monoisotopic (exact) mass is 476 g/mol. The van der Waals surface area contributed by atoms with Gasteiger partial charge in [-0.2, -0.15) is 9.36 Å². The van der Waals surface area contributed by atoms with Gasteiger partial charge in [-0.25, -0.2) is 9.78 Å². The van der Waals surface area contributed by atoms with Crippen molar-refractivity contribution in [2.75, 3.05) is 11.5 Å². The molecule has 0 spiro atoms. The molecule has 0 radical (unpaired) electrons. The molecule has 4 heterocycles. The lowest BCUT2D eigenvalue weighted by molar-refractivity contribution is -0.155. The highest BCUT2D eigenvalue weighted by Gasteiger charge is 2.53. The van der Waals surface area contributed by atoms with Crippen LogP contribution in [-0.4, -0.2) is 65.1 Å². The lowest BCUT2D eigenvalue weighted by atomic mass is 9.86. The molecule has 0 aromatic carbocycles. The molecule has 2 aliphatic heterocycles. The van der Waals surface area contributed by atoms with Crippen LogP contribution in [0.2, 0.25) is 0 Å². The van der Waals surface area contributed by atoms with E-state index in [9.17, 15) is 24.7 Å². The molecule has 2 aliphatic rings. The third-order valence-corrected chi connectivity index (χ3v) is 6.51. The number of fused-ring (bicyclic) bond motifs is 1. The number of nitrogens with two attached hydrogens (primary N) is 2. The molecule has 4 rings (SSSR count). The van der Waals surface area contributed by atoms with Crippen molar-refractivity contribution in [1.82, 2.24) is 24.6 Å². The third kappa shape index (κ3) is 3.82. The standard InChI is InChI=1S/C17H16N8O5S2/c18-9-4-1-6(5-20-9)31-8-3-2-7-10(15(27)25(7)12(8)16(28)29)21-14(26)11(23-30)13-22-17(19)32-24-13/h1,4-5,7,10,30H,2-3H2,(H2,18,20)(H,21,26)(H,28,29)(H2,19,22,24)/b23-11-/t7?,10-/m0/s1. The van der Waals surface area contributed by atoms with Crippen LogP contribution in [0.1, 0.15) is 18.7 Å². The summed E-state index contributed by atoms with van der Waals surface area (Å²) in [6.45, 7) is 0. The van der Waals surface area contributed by atoms with Crippen LogP contribution in [0.15, 0.2) is 39.0 Å². The molecule has 1 unspecified atom stereocenters. The summed E-state index contributed by atoms with van der Waals surface area (Å²) in [5.74, 6) is -2.56. The minimum atomic E-state index is -1.25. The van der Waals surface area contributed by atoms with Crippen molar-refractivity contribution in [3.8, 4) is 0 Å². The van der Waals surface area contributed by atoms with Gasteiger partial charge in [0.2, 0.25) is 11.5 Å². The first-order chi connectivity index (χ1) is 15.3. The molecule has 0 aliphatic carbocycles. The number of rotatable bonds is 6. The quantitative estimate of drug-likeness (QED) is 0.160. The number of hydrogen-bond donors (Lipinski definition) is 5. The summed E-state index contributed by atoms with van der Waals surface area (Å²) in [4.78, 5) is 47.3. The van der Waals surface area contributed by atoms with E-state index in [-0.39, 0.29) is 16.7 Å². The molecule has 13 nitrogen and oxygen atoms in total. The van der Waals surface area contributed by atoms with Crippen molar-refractivity contribution >= 4 is 57.7 Å². The minimum Gasteiger partial charge on any atom is -0.477 e. The second kappa shape index (κ2) is 8.43. The van der Waals surface area contributed by atoms with Gasteiger partial charge in [0.15, 0.2) is 5.13 Å². The fraction of sp³-hybridized carbons (Fsp3) is 0.235. The summed E-state index contributed by atoms with van der Waals surface area (Å²) in [6, 6.07) is 1.77. The zero-order valence-corrected chi connectivity index (χ0v) is 17.8. The average Bonchev–Trinajstić information content (AvgIpc) is 3.19. The summed E-state index contributed by atoms with van der Waals surface area (Å²) in [7, 11) is 0. The lowest BCUT2D eigenvalue weighted by Gasteiger charge is -2.50. The van der Waals surface area contributed by atoms with Crippen molar-refractivity contribution < 1.29 is 24.7 Å². The van der Waals surface area contributed by atoms with Gasteiger partial charge in [0.1, 0.15) is 17.6 Å². The van der Waals surface area contributed by atoms with Crippen LogP contribution in [0.4, 0.5) is 10.9 Å². The number of carbonyl (C=O) groups excluding carboxylic acids is 2. The number of allylic oxidation sites excluding steroid dienone is 1. The Hall–Kier alpha value is -3.72. The van der Waals surface area contributed by atoms with Crippen LogP contribution < -0.4 is 16.8 Å². The molecule has 15 heteroatoms. The number of carboxylic acid groups (broad SMARTS) is 1. The van der Waals surface area contributed by atoms with Crippen LogP contribution >= 0.6 is 23.3 Å². The van der Waals surface area contributed by atoms with Crippen LogP contribution in [-0.2, 0) is 14.4 Å². The van der Waals surface area contributed by atoms with E-state index in [2.05, 4.69) is 24.8 Å². The fourth-order valence-electron chi connectivity index (χ4n) is 3.45. The second-order valence-electron chi connectivity index (χ2n) is 6.77. The zero-order chi connectivity index (χ0) is 23.0. The van der Waals surface area contributed by atoms with E-state index >= 15 is 0 Å². The number of carboxylic acids is 1. The Bertz CT molecular complexity index is 1160. The Morgan fingerprint density at radius 3 is 2.72 bits per heavy atom. The molecule has 2 amide bonds. The van der Waals surface area contributed by atoms with Gasteiger partial charge in [0.05, 0.1) is 6.04 Å². The van der Waals surface area contributed by atoms with Gasteiger partial charge in [-0.1, -0.05) is 16.9 Å². The number of hydrogen-bond acceptors (Lipinski definition) is 12. The lowest BCUT2D eigenvalue weighted by Crippen LogP contribution is -2.72. The van der Waals surface area contributed by atoms with Gasteiger partial charge in [-0.15, -0.1) is 0 Å². The van der Waals surface area contributed by atoms with Crippen LogP contribution in [0, 0.1) is 0 Å². The Labute approximate surface area is 188 Å². The molecule has 0 saturated carbocycles. The van der Waals surface area contributed by atoms with Crippen molar-refractivity contribution in [2.24, 2.45) is 5.16 Å². The number of pyridine rings is 1. The maximum absolute atomic E-state index is 12.8. The molecule has 166 valence electrons. The molecule has 1 fully saturated rings. The van der Waals surface area contributed by atoms with Gasteiger partial charge in [0, 0.05) is 27.5 Å². The van der Waals surface area contributed by atoms with Crippen molar-refractivity contribution in [2.45, 2.75) is 29.8 Å². The zero-order valence-electron chi connectivity index (χ0n) is 16.1. The molecular weight excluding hydrogens is 460 g/mol. The van der Waals surface area contributed by atoms with E-state index in [0.717, 1.165) is 11.5 Å². The highest BCUT2D eigenvalue weighted by atomic mass is 32.2. The van der Waals surface area contributed by atoms with E-state index in [0.29, 0.717) is 28.5 Å². The van der Waals surface area contributed by atoms with Crippen LogP contribution in [0.5, 0.6) is 0 Å². The third-order valence-electron chi connectivity index (χ3n) is 4.85. The van der Waals surface area contributed by atoms with Gasteiger partial charge in [-0.3, -0.25) is 14.5 Å². The number of oxime groups is 1. The number of thioether (sulfide) groups is 1. The summed E-state index contributed by atoms with van der Waals surface area (Å²) in [6.07, 6.45) is 2.32. The summed E-state index contributed by atoms with van der Waals surface area (Å²) in [5, 5.41) is 24.4. The average molecular weight is 477 g/mol.